The maximum atomic E-state index is 13.3. The summed E-state index contributed by atoms with van der Waals surface area (Å²) in [5.41, 5.74) is 4.19. The van der Waals surface area contributed by atoms with Crippen molar-refractivity contribution in [3.05, 3.63) is 135 Å². The average Bonchev–Trinajstić information content (AvgIpc) is 3.18. The summed E-state index contributed by atoms with van der Waals surface area (Å²) in [4.78, 5) is 32.1. The number of nitrogens with zero attached hydrogens (tertiary/aromatic N) is 2. The number of carbonyl (C=O) groups is 2. The number of aryl methyl sites for hydroxylation is 1. The molecule has 190 valence electrons. The summed E-state index contributed by atoms with van der Waals surface area (Å²) in [7, 11) is 0. The standard InChI is InChI=1S/C31H25BrN2O4/c1-20-4-2-5-21(16-20)19-38-26-13-9-24(10-14-26)29(35)27-28(23-7-11-25(32)12-8-23)34(31(37)30(27)36)18-22-6-3-15-33-17-22/h2-17,28,35H,18-19H2,1H3/b29-27-. The molecule has 7 heteroatoms. The van der Waals surface area contributed by atoms with E-state index in [9.17, 15) is 14.7 Å². The smallest absolute Gasteiger partial charge is 0.295 e. The Bertz CT molecular complexity index is 1500. The molecule has 0 saturated carbocycles. The molecular weight excluding hydrogens is 544 g/mol. The molecule has 1 aliphatic heterocycles. The number of carbonyl (C=O) groups excluding carboxylic acids is 2. The number of hydrogen-bond acceptors (Lipinski definition) is 5. The number of aliphatic hydroxyl groups excluding tert-OH is 1. The lowest BCUT2D eigenvalue weighted by atomic mass is 9.95. The molecule has 1 atom stereocenters. The molecule has 5 rings (SSSR count). The molecule has 6 nitrogen and oxygen atoms in total. The molecule has 1 aromatic heterocycles. The molecule has 1 fully saturated rings. The summed E-state index contributed by atoms with van der Waals surface area (Å²) in [6.07, 6.45) is 3.31. The molecule has 1 unspecified atom stereocenters. The van der Waals surface area contributed by atoms with Crippen LogP contribution in [0.2, 0.25) is 0 Å². The third-order valence-electron chi connectivity index (χ3n) is 6.42. The fourth-order valence-electron chi connectivity index (χ4n) is 4.56. The quantitative estimate of drug-likeness (QED) is 0.159. The number of aliphatic hydroxyl groups is 1. The van der Waals surface area contributed by atoms with Gasteiger partial charge in [-0.15, -0.1) is 0 Å². The second-order valence-corrected chi connectivity index (χ2v) is 10.1. The van der Waals surface area contributed by atoms with E-state index in [1.54, 1.807) is 42.7 Å². The molecule has 1 N–H and O–H groups in total. The average molecular weight is 569 g/mol. The van der Waals surface area contributed by atoms with Crippen LogP contribution < -0.4 is 4.74 Å². The zero-order chi connectivity index (χ0) is 26.6. The van der Waals surface area contributed by atoms with Crippen molar-refractivity contribution in [3.63, 3.8) is 0 Å². The van der Waals surface area contributed by atoms with Gasteiger partial charge in [0.25, 0.3) is 11.7 Å². The largest absolute Gasteiger partial charge is 0.507 e. The Morgan fingerprint density at radius 2 is 1.71 bits per heavy atom. The van der Waals surface area contributed by atoms with Gasteiger partial charge in [-0.2, -0.15) is 0 Å². The lowest BCUT2D eigenvalue weighted by Crippen LogP contribution is -2.29. The maximum absolute atomic E-state index is 13.3. The van der Waals surface area contributed by atoms with Crippen LogP contribution in [0.5, 0.6) is 5.75 Å². The minimum atomic E-state index is -0.749. The number of benzene rings is 3. The first kappa shape index (κ1) is 25.4. The van der Waals surface area contributed by atoms with Crippen LogP contribution in [-0.2, 0) is 22.7 Å². The summed E-state index contributed by atoms with van der Waals surface area (Å²) in [6.45, 7) is 2.63. The highest BCUT2D eigenvalue weighted by atomic mass is 79.9. The highest BCUT2D eigenvalue weighted by Crippen LogP contribution is 2.40. The van der Waals surface area contributed by atoms with E-state index in [1.807, 2.05) is 55.5 Å². The predicted molar refractivity (Wildman–Crippen MR) is 148 cm³/mol. The van der Waals surface area contributed by atoms with Gasteiger partial charge in [0, 0.05) is 29.0 Å². The fourth-order valence-corrected chi connectivity index (χ4v) is 4.82. The van der Waals surface area contributed by atoms with Gasteiger partial charge >= 0.3 is 0 Å². The third kappa shape index (κ3) is 5.38. The van der Waals surface area contributed by atoms with Crippen LogP contribution in [0.1, 0.15) is 33.9 Å². The van der Waals surface area contributed by atoms with Crippen molar-refractivity contribution in [2.24, 2.45) is 0 Å². The van der Waals surface area contributed by atoms with Crippen molar-refractivity contribution in [2.75, 3.05) is 0 Å². The first-order valence-corrected chi connectivity index (χ1v) is 12.9. The summed E-state index contributed by atoms with van der Waals surface area (Å²) < 4.78 is 6.76. The Balaban J connectivity index is 1.47. The Kier molecular flexibility index (Phi) is 7.38. The van der Waals surface area contributed by atoms with Crippen LogP contribution in [0.3, 0.4) is 0 Å². The van der Waals surface area contributed by atoms with E-state index in [2.05, 4.69) is 27.0 Å². The number of amides is 1. The van der Waals surface area contributed by atoms with Gasteiger partial charge in [-0.3, -0.25) is 14.6 Å². The van der Waals surface area contributed by atoms with E-state index in [0.717, 1.165) is 26.7 Å². The van der Waals surface area contributed by atoms with Crippen LogP contribution in [-0.4, -0.2) is 26.7 Å². The van der Waals surface area contributed by atoms with Gasteiger partial charge in [0.15, 0.2) is 0 Å². The fraction of sp³-hybridized carbons (Fsp3) is 0.129. The number of Topliss-reactive ketones (excluding diaryl/α,β-unsaturated/α-hetero) is 1. The van der Waals surface area contributed by atoms with Gasteiger partial charge in [0.2, 0.25) is 0 Å². The van der Waals surface area contributed by atoms with Crippen LogP contribution >= 0.6 is 15.9 Å². The number of hydrogen-bond donors (Lipinski definition) is 1. The van der Waals surface area contributed by atoms with Gasteiger partial charge in [-0.25, -0.2) is 0 Å². The molecular formula is C31H25BrN2O4. The number of aromatic nitrogens is 1. The summed E-state index contributed by atoms with van der Waals surface area (Å²) in [6, 6.07) is 25.2. The SMILES string of the molecule is Cc1cccc(COc2ccc(/C(O)=C3/C(=O)C(=O)N(Cc4cccnc4)C3c3ccc(Br)cc3)cc2)c1. The van der Waals surface area contributed by atoms with Gasteiger partial charge in [0.1, 0.15) is 18.1 Å². The highest BCUT2D eigenvalue weighted by Gasteiger charge is 2.46. The minimum absolute atomic E-state index is 0.0506. The van der Waals surface area contributed by atoms with Gasteiger partial charge in [-0.1, -0.05) is 64.0 Å². The zero-order valence-corrected chi connectivity index (χ0v) is 22.3. The van der Waals surface area contributed by atoms with Gasteiger partial charge in [-0.05, 0) is 66.1 Å². The van der Waals surface area contributed by atoms with E-state index in [0.29, 0.717) is 17.9 Å². The molecule has 1 saturated heterocycles. The highest BCUT2D eigenvalue weighted by molar-refractivity contribution is 9.10. The second-order valence-electron chi connectivity index (χ2n) is 9.14. The monoisotopic (exact) mass is 568 g/mol. The number of rotatable bonds is 7. The molecule has 2 heterocycles. The number of ether oxygens (including phenoxy) is 1. The number of pyridine rings is 1. The molecule has 0 radical (unpaired) electrons. The first-order valence-electron chi connectivity index (χ1n) is 12.1. The van der Waals surface area contributed by atoms with Gasteiger partial charge in [0.05, 0.1) is 11.6 Å². The zero-order valence-electron chi connectivity index (χ0n) is 20.7. The van der Waals surface area contributed by atoms with E-state index >= 15 is 0 Å². The van der Waals surface area contributed by atoms with E-state index in [-0.39, 0.29) is 17.9 Å². The van der Waals surface area contributed by atoms with E-state index < -0.39 is 17.7 Å². The van der Waals surface area contributed by atoms with Crippen LogP contribution in [0, 0.1) is 6.92 Å². The van der Waals surface area contributed by atoms with Crippen molar-refractivity contribution < 1.29 is 19.4 Å². The Morgan fingerprint density at radius 1 is 0.974 bits per heavy atom. The first-order chi connectivity index (χ1) is 18.4. The molecule has 0 spiro atoms. The second kappa shape index (κ2) is 11.0. The van der Waals surface area contributed by atoms with Crippen molar-refractivity contribution in [1.29, 1.82) is 0 Å². The summed E-state index contributed by atoms with van der Waals surface area (Å²) in [5.74, 6) is -0.986. The van der Waals surface area contributed by atoms with Crippen molar-refractivity contribution in [1.82, 2.24) is 9.88 Å². The molecule has 1 amide bonds. The number of halogens is 1. The number of likely N-dealkylation sites (tertiary alicyclic amines) is 1. The molecule has 0 bridgehead atoms. The van der Waals surface area contributed by atoms with Crippen molar-refractivity contribution in [2.45, 2.75) is 26.1 Å². The van der Waals surface area contributed by atoms with Crippen molar-refractivity contribution in [3.8, 4) is 5.75 Å². The van der Waals surface area contributed by atoms with Crippen LogP contribution in [0.25, 0.3) is 5.76 Å². The lowest BCUT2D eigenvalue weighted by molar-refractivity contribution is -0.140. The minimum Gasteiger partial charge on any atom is -0.507 e. The van der Waals surface area contributed by atoms with E-state index in [4.69, 9.17) is 4.74 Å². The lowest BCUT2D eigenvalue weighted by Gasteiger charge is -2.25. The molecule has 38 heavy (non-hydrogen) atoms. The Labute approximate surface area is 229 Å². The Morgan fingerprint density at radius 3 is 2.39 bits per heavy atom. The summed E-state index contributed by atoms with van der Waals surface area (Å²) >= 11 is 3.44. The molecule has 3 aromatic carbocycles. The van der Waals surface area contributed by atoms with Crippen LogP contribution in [0.15, 0.2) is 107 Å². The van der Waals surface area contributed by atoms with E-state index in [1.165, 1.54) is 4.90 Å². The Hall–Kier alpha value is -4.23. The molecule has 1 aliphatic rings. The summed E-state index contributed by atoms with van der Waals surface area (Å²) in [5, 5.41) is 11.3. The van der Waals surface area contributed by atoms with Crippen LogP contribution in [0.4, 0.5) is 0 Å². The number of ketones is 1. The van der Waals surface area contributed by atoms with Gasteiger partial charge < -0.3 is 14.7 Å². The van der Waals surface area contributed by atoms with Crippen molar-refractivity contribution >= 4 is 33.4 Å². The molecule has 0 aliphatic carbocycles. The normalized spacial score (nSPS) is 16.6. The third-order valence-corrected chi connectivity index (χ3v) is 6.95. The topological polar surface area (TPSA) is 79.7 Å². The molecule has 4 aromatic rings. The predicted octanol–water partition coefficient (Wildman–Crippen LogP) is 6.35. The maximum Gasteiger partial charge on any atom is 0.295 e.